The standard InChI is InChI=1S/C26H18BrN3OS/c27-19-11-8-17(9-12-19)25-21-6-1-2-7-23(21)32-24-13-10-18(15-22(24)30-25)26(31)29-16-20-5-3-4-14-28-20/h1-15H,16H2,(H,29,31). The smallest absolute Gasteiger partial charge is 0.251 e. The lowest BCUT2D eigenvalue weighted by Crippen LogP contribution is -2.23. The minimum absolute atomic E-state index is 0.148. The highest BCUT2D eigenvalue weighted by Crippen LogP contribution is 2.41. The fraction of sp³-hybridized carbons (Fsp3) is 0.0385. The zero-order valence-corrected chi connectivity index (χ0v) is 19.4. The van der Waals surface area contributed by atoms with Gasteiger partial charge in [0.25, 0.3) is 5.91 Å². The fourth-order valence-electron chi connectivity index (χ4n) is 3.49. The average molecular weight is 500 g/mol. The number of hydrogen-bond donors (Lipinski definition) is 1. The lowest BCUT2D eigenvalue weighted by Gasteiger charge is -2.09. The number of carbonyl (C=O) groups excluding carboxylic acids is 1. The molecule has 5 rings (SSSR count). The lowest BCUT2D eigenvalue weighted by molar-refractivity contribution is 0.0950. The Hall–Kier alpha value is -3.22. The predicted molar refractivity (Wildman–Crippen MR) is 132 cm³/mol. The maximum absolute atomic E-state index is 12.8. The van der Waals surface area contributed by atoms with Crippen LogP contribution in [-0.2, 0) is 6.54 Å². The first-order valence-electron chi connectivity index (χ1n) is 10.1. The molecule has 0 unspecified atom stereocenters. The number of fused-ring (bicyclic) bond motifs is 2. The number of benzene rings is 3. The number of aliphatic imine (C=N–C) groups is 1. The Morgan fingerprint density at radius 2 is 1.72 bits per heavy atom. The van der Waals surface area contributed by atoms with Crippen LogP contribution in [0.25, 0.3) is 0 Å². The van der Waals surface area contributed by atoms with E-state index in [1.807, 2.05) is 60.7 Å². The molecule has 3 aromatic carbocycles. The summed E-state index contributed by atoms with van der Waals surface area (Å²) in [4.78, 5) is 24.2. The largest absolute Gasteiger partial charge is 0.346 e. The van der Waals surface area contributed by atoms with Crippen LogP contribution in [0.15, 0.2) is 110 Å². The van der Waals surface area contributed by atoms with E-state index in [9.17, 15) is 4.79 Å². The second kappa shape index (κ2) is 9.10. The number of nitrogens with one attached hydrogen (secondary N) is 1. The molecule has 6 heteroatoms. The number of amides is 1. The average Bonchev–Trinajstić information content (AvgIpc) is 3.00. The summed E-state index contributed by atoms with van der Waals surface area (Å²) in [6, 6.07) is 27.7. The van der Waals surface area contributed by atoms with E-state index in [-0.39, 0.29) is 5.91 Å². The van der Waals surface area contributed by atoms with Crippen LogP contribution >= 0.6 is 27.7 Å². The van der Waals surface area contributed by atoms with E-state index in [4.69, 9.17) is 4.99 Å². The van der Waals surface area contributed by atoms with Crippen molar-refractivity contribution in [2.45, 2.75) is 16.3 Å². The molecular weight excluding hydrogens is 482 g/mol. The van der Waals surface area contributed by atoms with Gasteiger partial charge in [-0.05, 0) is 48.5 Å². The summed E-state index contributed by atoms with van der Waals surface area (Å²) in [6.45, 7) is 0.379. The molecule has 0 aliphatic carbocycles. The molecule has 1 aromatic heterocycles. The van der Waals surface area contributed by atoms with E-state index in [0.717, 1.165) is 42.5 Å². The summed E-state index contributed by atoms with van der Waals surface area (Å²) in [5.41, 5.74) is 5.18. The van der Waals surface area contributed by atoms with Crippen LogP contribution in [-0.4, -0.2) is 16.6 Å². The van der Waals surface area contributed by atoms with Crippen LogP contribution in [0.3, 0.4) is 0 Å². The van der Waals surface area contributed by atoms with Gasteiger partial charge < -0.3 is 5.32 Å². The molecule has 0 bridgehead atoms. The Labute approximate surface area is 199 Å². The van der Waals surface area contributed by atoms with Crippen LogP contribution in [0, 0.1) is 0 Å². The molecule has 156 valence electrons. The minimum Gasteiger partial charge on any atom is -0.346 e. The topological polar surface area (TPSA) is 54.4 Å². The number of hydrogen-bond acceptors (Lipinski definition) is 4. The van der Waals surface area contributed by atoms with Gasteiger partial charge in [0.1, 0.15) is 0 Å². The first-order valence-corrected chi connectivity index (χ1v) is 11.7. The van der Waals surface area contributed by atoms with Gasteiger partial charge in [0.05, 0.1) is 23.6 Å². The van der Waals surface area contributed by atoms with Crippen molar-refractivity contribution < 1.29 is 4.79 Å². The zero-order valence-electron chi connectivity index (χ0n) is 17.0. The first kappa shape index (κ1) is 20.7. The van der Waals surface area contributed by atoms with Crippen molar-refractivity contribution in [1.82, 2.24) is 10.3 Å². The van der Waals surface area contributed by atoms with Crippen molar-refractivity contribution in [3.63, 3.8) is 0 Å². The quantitative estimate of drug-likeness (QED) is 0.310. The van der Waals surface area contributed by atoms with E-state index >= 15 is 0 Å². The molecule has 1 amide bonds. The maximum Gasteiger partial charge on any atom is 0.251 e. The number of carbonyl (C=O) groups is 1. The van der Waals surface area contributed by atoms with Crippen molar-refractivity contribution in [2.24, 2.45) is 4.99 Å². The molecule has 1 aliphatic rings. The van der Waals surface area contributed by atoms with Gasteiger partial charge in [-0.15, -0.1) is 0 Å². The molecule has 0 fully saturated rings. The summed E-state index contributed by atoms with van der Waals surface area (Å²) in [5, 5.41) is 2.94. The van der Waals surface area contributed by atoms with E-state index in [1.165, 1.54) is 0 Å². The first-order chi connectivity index (χ1) is 15.7. The fourth-order valence-corrected chi connectivity index (χ4v) is 4.75. The molecule has 0 radical (unpaired) electrons. The molecule has 0 saturated carbocycles. The summed E-state index contributed by atoms with van der Waals surface area (Å²) in [5.74, 6) is -0.148. The number of pyridine rings is 1. The Morgan fingerprint density at radius 1 is 0.906 bits per heavy atom. The maximum atomic E-state index is 12.8. The van der Waals surface area contributed by atoms with E-state index in [0.29, 0.717) is 12.1 Å². The Balaban J connectivity index is 1.51. The molecule has 32 heavy (non-hydrogen) atoms. The van der Waals surface area contributed by atoms with Crippen molar-refractivity contribution in [2.75, 3.05) is 0 Å². The zero-order chi connectivity index (χ0) is 21.9. The van der Waals surface area contributed by atoms with Crippen molar-refractivity contribution >= 4 is 45.0 Å². The molecule has 0 spiro atoms. The van der Waals surface area contributed by atoms with E-state index in [1.54, 1.807) is 18.0 Å². The number of rotatable bonds is 4. The number of aromatic nitrogens is 1. The van der Waals surface area contributed by atoms with Crippen molar-refractivity contribution in [3.05, 3.63) is 118 Å². The van der Waals surface area contributed by atoms with Gasteiger partial charge in [-0.3, -0.25) is 9.78 Å². The molecular formula is C26H18BrN3OS. The van der Waals surface area contributed by atoms with Crippen molar-refractivity contribution in [3.8, 4) is 0 Å². The highest BCUT2D eigenvalue weighted by atomic mass is 79.9. The molecule has 1 aliphatic heterocycles. The summed E-state index contributed by atoms with van der Waals surface area (Å²) in [6.07, 6.45) is 1.72. The summed E-state index contributed by atoms with van der Waals surface area (Å²) >= 11 is 5.18. The third-order valence-corrected chi connectivity index (χ3v) is 6.76. The summed E-state index contributed by atoms with van der Waals surface area (Å²) in [7, 11) is 0. The summed E-state index contributed by atoms with van der Waals surface area (Å²) < 4.78 is 1.02. The van der Waals surface area contributed by atoms with Crippen LogP contribution in [0.1, 0.15) is 27.2 Å². The minimum atomic E-state index is -0.148. The molecule has 0 atom stereocenters. The normalized spacial score (nSPS) is 12.2. The number of nitrogens with zero attached hydrogens (tertiary/aromatic N) is 2. The second-order valence-corrected chi connectivity index (χ2v) is 9.25. The number of halogens is 1. The van der Waals surface area contributed by atoms with E-state index in [2.05, 4.69) is 50.5 Å². The van der Waals surface area contributed by atoms with Crippen molar-refractivity contribution in [1.29, 1.82) is 0 Å². The Bertz CT molecular complexity index is 1320. The van der Waals surface area contributed by atoms with Gasteiger partial charge in [-0.25, -0.2) is 4.99 Å². The Kier molecular flexibility index (Phi) is 5.88. The highest BCUT2D eigenvalue weighted by Gasteiger charge is 2.20. The van der Waals surface area contributed by atoms with Gasteiger partial charge in [-0.2, -0.15) is 0 Å². The molecule has 4 nitrogen and oxygen atoms in total. The molecule has 1 N–H and O–H groups in total. The van der Waals surface area contributed by atoms with Gasteiger partial charge in [0.2, 0.25) is 0 Å². The van der Waals surface area contributed by atoms with Crippen LogP contribution < -0.4 is 5.32 Å². The molecule has 2 heterocycles. The highest BCUT2D eigenvalue weighted by molar-refractivity contribution is 9.10. The van der Waals surface area contributed by atoms with E-state index < -0.39 is 0 Å². The Morgan fingerprint density at radius 3 is 2.53 bits per heavy atom. The predicted octanol–water partition coefficient (Wildman–Crippen LogP) is 6.41. The monoisotopic (exact) mass is 499 g/mol. The van der Waals surface area contributed by atoms with Gasteiger partial charge in [-0.1, -0.05) is 64.1 Å². The van der Waals surface area contributed by atoms with Gasteiger partial charge in [0, 0.05) is 37.2 Å². The lowest BCUT2D eigenvalue weighted by atomic mass is 10.0. The van der Waals surface area contributed by atoms with Crippen LogP contribution in [0.4, 0.5) is 5.69 Å². The second-order valence-electron chi connectivity index (χ2n) is 7.25. The third-order valence-electron chi connectivity index (χ3n) is 5.09. The van der Waals surface area contributed by atoms with Crippen LogP contribution in [0.2, 0.25) is 0 Å². The molecule has 4 aromatic rings. The van der Waals surface area contributed by atoms with Crippen LogP contribution in [0.5, 0.6) is 0 Å². The molecule has 0 saturated heterocycles. The van der Waals surface area contributed by atoms with Gasteiger partial charge in [0.15, 0.2) is 0 Å². The van der Waals surface area contributed by atoms with Gasteiger partial charge >= 0.3 is 0 Å². The SMILES string of the molecule is O=C(NCc1ccccn1)c1ccc2c(c1)N=C(c1ccc(Br)cc1)c1ccccc1S2. The third kappa shape index (κ3) is 4.38.